The van der Waals surface area contributed by atoms with E-state index in [4.69, 9.17) is 4.74 Å². The van der Waals surface area contributed by atoms with Crippen LogP contribution in [-0.2, 0) is 19.0 Å². The first-order valence-electron chi connectivity index (χ1n) is 6.21. The summed E-state index contributed by atoms with van der Waals surface area (Å²) in [5.41, 5.74) is -0.910. The van der Waals surface area contributed by atoms with Crippen molar-refractivity contribution in [3.8, 4) is 5.75 Å². The fourth-order valence-electron chi connectivity index (χ4n) is 1.45. The van der Waals surface area contributed by atoms with E-state index in [9.17, 15) is 27.2 Å². The van der Waals surface area contributed by atoms with Gasteiger partial charge in [-0.1, -0.05) is 6.07 Å². The Labute approximate surface area is 133 Å². The van der Waals surface area contributed by atoms with Gasteiger partial charge < -0.3 is 18.9 Å². The van der Waals surface area contributed by atoms with Gasteiger partial charge in [0.2, 0.25) is 5.76 Å². The molecule has 0 heterocycles. The highest BCUT2D eigenvalue weighted by atomic mass is 19.4. The summed E-state index contributed by atoms with van der Waals surface area (Å²) < 4.78 is 68.1. The predicted molar refractivity (Wildman–Crippen MR) is 70.5 cm³/mol. The topological polar surface area (TPSA) is 71.1 Å². The molecular formula is C14H12F4O6. The highest BCUT2D eigenvalue weighted by Gasteiger charge is 2.31. The number of ether oxygens (including phenoxy) is 4. The van der Waals surface area contributed by atoms with Crippen molar-refractivity contribution in [2.75, 3.05) is 20.8 Å². The lowest BCUT2D eigenvalue weighted by Crippen LogP contribution is -2.21. The molecule has 1 aromatic rings. The van der Waals surface area contributed by atoms with E-state index in [-0.39, 0.29) is 0 Å². The number of benzene rings is 1. The zero-order chi connectivity index (χ0) is 18.3. The Kier molecular flexibility index (Phi) is 6.57. The van der Waals surface area contributed by atoms with Gasteiger partial charge in [-0.05, 0) is 12.1 Å². The molecule has 24 heavy (non-hydrogen) atoms. The average Bonchev–Trinajstić information content (AvgIpc) is 2.51. The van der Waals surface area contributed by atoms with Crippen LogP contribution in [0, 0.1) is 5.82 Å². The number of hydrogen-bond donors (Lipinski definition) is 0. The van der Waals surface area contributed by atoms with Crippen molar-refractivity contribution >= 4 is 11.9 Å². The summed E-state index contributed by atoms with van der Waals surface area (Å²) in [7, 11) is 2.20. The number of carbonyl (C=O) groups excluding carboxylic acids is 2. The first kappa shape index (κ1) is 19.3. The lowest BCUT2D eigenvalue weighted by atomic mass is 10.2. The van der Waals surface area contributed by atoms with Crippen LogP contribution in [0.2, 0.25) is 0 Å². The molecule has 132 valence electrons. The molecule has 1 aromatic carbocycles. The van der Waals surface area contributed by atoms with Crippen LogP contribution in [-0.4, -0.2) is 38.9 Å². The fourth-order valence-corrected chi connectivity index (χ4v) is 1.45. The lowest BCUT2D eigenvalue weighted by molar-refractivity contribution is -0.161. The summed E-state index contributed by atoms with van der Waals surface area (Å²) in [5.74, 6) is -4.93. The van der Waals surface area contributed by atoms with Crippen molar-refractivity contribution in [2.24, 2.45) is 0 Å². The molecule has 0 saturated carbocycles. The zero-order valence-electron chi connectivity index (χ0n) is 12.5. The molecule has 1 rings (SSSR count). The summed E-state index contributed by atoms with van der Waals surface area (Å²) in [6.07, 6.45) is -3.98. The Balaban J connectivity index is 3.12. The zero-order valence-corrected chi connectivity index (χ0v) is 12.5. The standard InChI is InChI=1S/C14H12F4O6/c1-21-6-10(12(19)22-2)24-9-5-3-4-8(15)11(9)13(20)23-7-14(16,17)18/h3-6H,7H2,1-2H3/b10-6+. The maximum Gasteiger partial charge on any atom is 0.422 e. The summed E-state index contributed by atoms with van der Waals surface area (Å²) in [6.45, 7) is -1.91. The number of hydrogen-bond acceptors (Lipinski definition) is 6. The maximum atomic E-state index is 13.8. The SMILES string of the molecule is CO/C=C(/Oc1cccc(F)c1C(=O)OCC(F)(F)F)C(=O)OC. The fraction of sp³-hybridized carbons (Fsp3) is 0.286. The van der Waals surface area contributed by atoms with Crippen LogP contribution in [0.1, 0.15) is 10.4 Å². The highest BCUT2D eigenvalue weighted by molar-refractivity contribution is 5.93. The number of carbonyl (C=O) groups is 2. The Morgan fingerprint density at radius 2 is 1.88 bits per heavy atom. The van der Waals surface area contributed by atoms with Gasteiger partial charge in [-0.15, -0.1) is 0 Å². The van der Waals surface area contributed by atoms with Gasteiger partial charge in [0.05, 0.1) is 14.2 Å². The van der Waals surface area contributed by atoms with Crippen LogP contribution in [0.5, 0.6) is 5.75 Å². The number of rotatable bonds is 6. The van der Waals surface area contributed by atoms with E-state index < -0.39 is 47.6 Å². The minimum Gasteiger partial charge on any atom is -0.500 e. The minimum atomic E-state index is -4.78. The van der Waals surface area contributed by atoms with Crippen LogP contribution in [0.25, 0.3) is 0 Å². The second-order valence-corrected chi connectivity index (χ2v) is 4.12. The summed E-state index contributed by atoms with van der Waals surface area (Å²) >= 11 is 0. The molecule has 0 amide bonds. The third kappa shape index (κ3) is 5.45. The van der Waals surface area contributed by atoms with Crippen LogP contribution in [0.4, 0.5) is 17.6 Å². The van der Waals surface area contributed by atoms with Crippen LogP contribution in [0.3, 0.4) is 0 Å². The van der Waals surface area contributed by atoms with Crippen molar-refractivity contribution in [3.05, 3.63) is 41.6 Å². The van der Waals surface area contributed by atoms with E-state index in [0.29, 0.717) is 0 Å². The number of halogens is 4. The molecular weight excluding hydrogens is 340 g/mol. The molecule has 0 N–H and O–H groups in total. The Morgan fingerprint density at radius 3 is 2.42 bits per heavy atom. The second-order valence-electron chi connectivity index (χ2n) is 4.12. The molecule has 0 saturated heterocycles. The van der Waals surface area contributed by atoms with Gasteiger partial charge in [-0.25, -0.2) is 14.0 Å². The molecule has 0 atom stereocenters. The van der Waals surface area contributed by atoms with Crippen molar-refractivity contribution < 1.29 is 46.1 Å². The molecule has 0 bridgehead atoms. The summed E-state index contributed by atoms with van der Waals surface area (Å²) in [4.78, 5) is 23.2. The van der Waals surface area contributed by atoms with Crippen LogP contribution in [0.15, 0.2) is 30.2 Å². The predicted octanol–water partition coefficient (Wildman–Crippen LogP) is 2.58. The monoisotopic (exact) mass is 352 g/mol. The van der Waals surface area contributed by atoms with Gasteiger partial charge in [-0.2, -0.15) is 13.2 Å². The van der Waals surface area contributed by atoms with E-state index >= 15 is 0 Å². The van der Waals surface area contributed by atoms with Gasteiger partial charge >= 0.3 is 18.1 Å². The number of alkyl halides is 3. The largest absolute Gasteiger partial charge is 0.500 e. The van der Waals surface area contributed by atoms with Crippen molar-refractivity contribution in [1.82, 2.24) is 0 Å². The molecule has 0 fully saturated rings. The molecule has 0 aliphatic heterocycles. The molecule has 0 aromatic heterocycles. The van der Waals surface area contributed by atoms with Crippen LogP contribution < -0.4 is 4.74 Å². The molecule has 0 radical (unpaired) electrons. The summed E-state index contributed by atoms with van der Waals surface area (Å²) in [5, 5.41) is 0. The van der Waals surface area contributed by atoms with E-state index in [1.54, 1.807) is 0 Å². The van der Waals surface area contributed by atoms with E-state index in [2.05, 4.69) is 14.2 Å². The number of methoxy groups -OCH3 is 2. The molecule has 6 nitrogen and oxygen atoms in total. The smallest absolute Gasteiger partial charge is 0.422 e. The van der Waals surface area contributed by atoms with Crippen molar-refractivity contribution in [1.29, 1.82) is 0 Å². The first-order valence-corrected chi connectivity index (χ1v) is 6.21. The third-order valence-electron chi connectivity index (χ3n) is 2.38. The normalized spacial score (nSPS) is 11.7. The Bertz CT molecular complexity index is 639. The highest BCUT2D eigenvalue weighted by Crippen LogP contribution is 2.26. The second kappa shape index (κ2) is 8.18. The Morgan fingerprint density at radius 1 is 1.21 bits per heavy atom. The molecule has 0 aliphatic rings. The molecule has 0 aliphatic carbocycles. The minimum absolute atomic E-state index is 0.545. The van der Waals surface area contributed by atoms with Gasteiger partial charge in [0.25, 0.3) is 0 Å². The van der Waals surface area contributed by atoms with E-state index in [1.807, 2.05) is 0 Å². The van der Waals surface area contributed by atoms with E-state index in [0.717, 1.165) is 31.6 Å². The van der Waals surface area contributed by atoms with Gasteiger partial charge in [-0.3, -0.25) is 0 Å². The third-order valence-corrected chi connectivity index (χ3v) is 2.38. The maximum absolute atomic E-state index is 13.8. The quantitative estimate of drug-likeness (QED) is 0.339. The Hall–Kier alpha value is -2.78. The number of esters is 2. The molecule has 10 heteroatoms. The van der Waals surface area contributed by atoms with Crippen molar-refractivity contribution in [3.63, 3.8) is 0 Å². The molecule has 0 spiro atoms. The lowest BCUT2D eigenvalue weighted by Gasteiger charge is -2.13. The van der Waals surface area contributed by atoms with E-state index in [1.165, 1.54) is 7.11 Å². The summed E-state index contributed by atoms with van der Waals surface area (Å²) in [6, 6.07) is 2.99. The molecule has 0 unspecified atom stereocenters. The van der Waals surface area contributed by atoms with Gasteiger partial charge in [0.15, 0.2) is 6.61 Å². The first-order chi connectivity index (χ1) is 11.2. The van der Waals surface area contributed by atoms with Gasteiger partial charge in [0.1, 0.15) is 23.4 Å². The average molecular weight is 352 g/mol. The van der Waals surface area contributed by atoms with Gasteiger partial charge in [0, 0.05) is 0 Å². The van der Waals surface area contributed by atoms with Crippen molar-refractivity contribution in [2.45, 2.75) is 6.18 Å². The van der Waals surface area contributed by atoms with Crippen LogP contribution >= 0.6 is 0 Å².